The maximum Gasteiger partial charge on any atom is 0.339 e. The van der Waals surface area contributed by atoms with E-state index in [-0.39, 0.29) is 46.7 Å². The minimum Gasteiger partial charge on any atom is -0.454 e. The molecule has 0 fully saturated rings. The Bertz CT molecular complexity index is 1170. The summed E-state index contributed by atoms with van der Waals surface area (Å²) >= 11 is 1.19. The number of benzene rings is 2. The Morgan fingerprint density at radius 2 is 1.71 bits per heavy atom. The van der Waals surface area contributed by atoms with Crippen molar-refractivity contribution in [3.63, 3.8) is 0 Å². The molecule has 0 saturated heterocycles. The summed E-state index contributed by atoms with van der Waals surface area (Å²) in [5.74, 6) is -1.56. The number of nitrogens with two attached hydrogens (primary N) is 2. The van der Waals surface area contributed by atoms with Crippen molar-refractivity contribution >= 4 is 41.1 Å². The molecule has 0 spiro atoms. The van der Waals surface area contributed by atoms with Gasteiger partial charge in [-0.2, -0.15) is 15.0 Å². The van der Waals surface area contributed by atoms with Crippen molar-refractivity contribution in [3.05, 3.63) is 75.1 Å². The minimum absolute atomic E-state index is 0.0147. The zero-order chi connectivity index (χ0) is 22.5. The van der Waals surface area contributed by atoms with Crippen LogP contribution in [0.4, 0.5) is 17.6 Å². The van der Waals surface area contributed by atoms with Crippen molar-refractivity contribution in [1.82, 2.24) is 15.0 Å². The molecule has 0 aliphatic rings. The van der Waals surface area contributed by atoms with Crippen molar-refractivity contribution in [2.45, 2.75) is 11.5 Å². The zero-order valence-corrected chi connectivity index (χ0v) is 17.0. The Labute approximate surface area is 180 Å². The molecule has 0 amide bonds. The third-order valence-electron chi connectivity index (χ3n) is 4.08. The predicted octanol–water partition coefficient (Wildman–Crippen LogP) is 2.25. The number of aromatic nitrogens is 3. The number of esters is 1. The topological polar surface area (TPSA) is 177 Å². The van der Waals surface area contributed by atoms with Crippen LogP contribution < -0.4 is 11.5 Å². The number of carbonyl (C=O) groups is 2. The van der Waals surface area contributed by atoms with E-state index in [0.717, 1.165) is 0 Å². The molecule has 11 nitrogen and oxygen atoms in total. The second-order valence-corrected chi connectivity index (χ2v) is 6.91. The SMILES string of the molecule is CSc1ccc(C(=O)c2ccccc2C(=O)OCc2nc(N)nc(N)n2)cc1[N+](=O)[O-]. The lowest BCUT2D eigenvalue weighted by Gasteiger charge is -2.09. The predicted molar refractivity (Wildman–Crippen MR) is 113 cm³/mol. The van der Waals surface area contributed by atoms with Crippen molar-refractivity contribution in [1.29, 1.82) is 0 Å². The highest BCUT2D eigenvalue weighted by Crippen LogP contribution is 2.29. The number of thioether (sulfide) groups is 1. The maximum atomic E-state index is 13.0. The van der Waals surface area contributed by atoms with Crippen LogP contribution in [-0.2, 0) is 11.3 Å². The fourth-order valence-electron chi connectivity index (χ4n) is 2.72. The molecule has 0 aliphatic heterocycles. The maximum absolute atomic E-state index is 13.0. The fraction of sp³-hybridized carbons (Fsp3) is 0.105. The van der Waals surface area contributed by atoms with Crippen molar-refractivity contribution in [2.75, 3.05) is 17.7 Å². The first-order chi connectivity index (χ1) is 14.8. The van der Waals surface area contributed by atoms with E-state index in [1.807, 2.05) is 0 Å². The molecule has 0 unspecified atom stereocenters. The molecule has 3 aromatic rings. The summed E-state index contributed by atoms with van der Waals surface area (Å²) in [5, 5.41) is 11.3. The van der Waals surface area contributed by atoms with Crippen LogP contribution in [0.5, 0.6) is 0 Å². The van der Waals surface area contributed by atoms with E-state index in [1.165, 1.54) is 42.1 Å². The van der Waals surface area contributed by atoms with E-state index >= 15 is 0 Å². The lowest BCUT2D eigenvalue weighted by Crippen LogP contribution is -2.14. The number of anilines is 2. The Morgan fingerprint density at radius 3 is 2.32 bits per heavy atom. The first kappa shape index (κ1) is 21.6. The molecule has 0 saturated carbocycles. The number of nitro groups is 1. The monoisotopic (exact) mass is 440 g/mol. The second-order valence-electron chi connectivity index (χ2n) is 6.06. The summed E-state index contributed by atoms with van der Waals surface area (Å²) in [7, 11) is 0. The van der Waals surface area contributed by atoms with Gasteiger partial charge in [-0.3, -0.25) is 14.9 Å². The van der Waals surface area contributed by atoms with Crippen LogP contribution in [0.2, 0.25) is 0 Å². The van der Waals surface area contributed by atoms with Gasteiger partial charge in [0.15, 0.2) is 18.2 Å². The van der Waals surface area contributed by atoms with Gasteiger partial charge in [0.05, 0.1) is 15.4 Å². The Balaban J connectivity index is 1.87. The van der Waals surface area contributed by atoms with Crippen LogP contribution >= 0.6 is 11.8 Å². The summed E-state index contributed by atoms with van der Waals surface area (Å²) < 4.78 is 5.18. The van der Waals surface area contributed by atoms with Crippen LogP contribution in [0.15, 0.2) is 47.4 Å². The van der Waals surface area contributed by atoms with Gasteiger partial charge in [-0.25, -0.2) is 4.79 Å². The normalized spacial score (nSPS) is 10.5. The third-order valence-corrected chi connectivity index (χ3v) is 4.86. The van der Waals surface area contributed by atoms with Gasteiger partial charge in [-0.05, 0) is 24.5 Å². The average molecular weight is 440 g/mol. The largest absolute Gasteiger partial charge is 0.454 e. The van der Waals surface area contributed by atoms with E-state index in [1.54, 1.807) is 18.4 Å². The van der Waals surface area contributed by atoms with Crippen molar-refractivity contribution in [2.24, 2.45) is 0 Å². The van der Waals surface area contributed by atoms with Crippen molar-refractivity contribution in [3.8, 4) is 0 Å². The Hall–Kier alpha value is -4.06. The van der Waals surface area contributed by atoms with E-state index in [9.17, 15) is 19.7 Å². The van der Waals surface area contributed by atoms with Gasteiger partial charge in [0.1, 0.15) is 0 Å². The number of hydrogen-bond donors (Lipinski definition) is 2. The number of carbonyl (C=O) groups excluding carboxylic acids is 2. The Morgan fingerprint density at radius 1 is 1.06 bits per heavy atom. The number of hydrogen-bond acceptors (Lipinski definition) is 11. The van der Waals surface area contributed by atoms with Crippen LogP contribution in [0.1, 0.15) is 32.1 Å². The summed E-state index contributed by atoms with van der Waals surface area (Å²) in [4.78, 5) is 48.0. The quantitative estimate of drug-likeness (QED) is 0.181. The van der Waals surface area contributed by atoms with Crippen LogP contribution in [0.25, 0.3) is 0 Å². The number of ether oxygens (including phenoxy) is 1. The molecule has 0 bridgehead atoms. The van der Waals surface area contributed by atoms with Crippen LogP contribution in [0, 0.1) is 10.1 Å². The van der Waals surface area contributed by atoms with E-state index in [4.69, 9.17) is 16.2 Å². The molecule has 0 radical (unpaired) electrons. The van der Waals surface area contributed by atoms with Crippen LogP contribution in [0.3, 0.4) is 0 Å². The van der Waals surface area contributed by atoms with Gasteiger partial charge >= 0.3 is 5.97 Å². The number of rotatable bonds is 7. The Kier molecular flexibility index (Phi) is 6.40. The lowest BCUT2D eigenvalue weighted by molar-refractivity contribution is -0.387. The standard InChI is InChI=1S/C19H16N6O5S/c1-31-14-7-6-10(8-13(14)25(28)29)16(26)11-4-2-3-5-12(11)17(27)30-9-15-22-18(20)24-19(21)23-15/h2-8H,9H2,1H3,(H4,20,21,22,23,24). The first-order valence-corrected chi connectivity index (χ1v) is 9.91. The number of nitrogen functional groups attached to an aromatic ring is 2. The number of nitrogens with zero attached hydrogens (tertiary/aromatic N) is 4. The molecular weight excluding hydrogens is 424 g/mol. The van der Waals surface area contributed by atoms with E-state index in [2.05, 4.69) is 15.0 Å². The summed E-state index contributed by atoms with van der Waals surface area (Å²) in [6.45, 7) is -0.341. The molecule has 31 heavy (non-hydrogen) atoms. The molecule has 3 rings (SSSR count). The molecule has 0 atom stereocenters. The average Bonchev–Trinajstić information content (AvgIpc) is 2.75. The zero-order valence-electron chi connectivity index (χ0n) is 16.1. The summed E-state index contributed by atoms with van der Waals surface area (Å²) in [5.41, 5.74) is 10.9. The van der Waals surface area contributed by atoms with Crippen molar-refractivity contribution < 1.29 is 19.2 Å². The molecule has 1 aromatic heterocycles. The highest BCUT2D eigenvalue weighted by atomic mass is 32.2. The minimum atomic E-state index is -0.809. The van der Waals surface area contributed by atoms with Gasteiger partial charge in [-0.15, -0.1) is 11.8 Å². The molecule has 12 heteroatoms. The van der Waals surface area contributed by atoms with Gasteiger partial charge in [-0.1, -0.05) is 18.2 Å². The summed E-state index contributed by atoms with van der Waals surface area (Å²) in [6, 6.07) is 10.1. The van der Waals surface area contributed by atoms with Gasteiger partial charge in [0.2, 0.25) is 11.9 Å². The molecular formula is C19H16N6O5S. The lowest BCUT2D eigenvalue weighted by atomic mass is 9.98. The smallest absolute Gasteiger partial charge is 0.339 e. The first-order valence-electron chi connectivity index (χ1n) is 8.69. The highest BCUT2D eigenvalue weighted by Gasteiger charge is 2.22. The summed E-state index contributed by atoms with van der Waals surface area (Å²) in [6.07, 6.45) is 1.70. The molecule has 0 aliphatic carbocycles. The van der Waals surface area contributed by atoms with Gasteiger partial charge in [0.25, 0.3) is 5.69 Å². The van der Waals surface area contributed by atoms with E-state index < -0.39 is 16.7 Å². The third kappa shape index (κ3) is 4.93. The highest BCUT2D eigenvalue weighted by molar-refractivity contribution is 7.98. The van der Waals surface area contributed by atoms with E-state index in [0.29, 0.717) is 4.90 Å². The van der Waals surface area contributed by atoms with Gasteiger partial charge < -0.3 is 16.2 Å². The molecule has 2 aromatic carbocycles. The van der Waals surface area contributed by atoms with Crippen LogP contribution in [-0.4, -0.2) is 37.9 Å². The van der Waals surface area contributed by atoms with Gasteiger partial charge in [0, 0.05) is 17.2 Å². The molecule has 158 valence electrons. The second kappa shape index (κ2) is 9.17. The molecule has 1 heterocycles. The fourth-order valence-corrected chi connectivity index (χ4v) is 3.26. The number of ketones is 1. The number of nitro benzene ring substituents is 1. The molecule has 4 N–H and O–H groups in total.